The van der Waals surface area contributed by atoms with Crippen molar-refractivity contribution >= 4 is 5.91 Å². The molecule has 1 N–H and O–H groups in total. The van der Waals surface area contributed by atoms with Gasteiger partial charge in [-0.3, -0.25) is 9.78 Å². The van der Waals surface area contributed by atoms with Crippen molar-refractivity contribution in [3.63, 3.8) is 0 Å². The highest BCUT2D eigenvalue weighted by Crippen LogP contribution is 2.12. The van der Waals surface area contributed by atoms with Crippen LogP contribution in [0.1, 0.15) is 62.5 Å². The van der Waals surface area contributed by atoms with Crippen molar-refractivity contribution in [1.82, 2.24) is 10.3 Å². The zero-order valence-corrected chi connectivity index (χ0v) is 12.4. The molecule has 3 nitrogen and oxygen atoms in total. The van der Waals surface area contributed by atoms with E-state index in [-0.39, 0.29) is 5.91 Å². The molecule has 0 saturated carbocycles. The predicted octanol–water partition coefficient (Wildman–Crippen LogP) is 3.59. The van der Waals surface area contributed by atoms with Crippen LogP contribution in [0, 0.1) is 5.92 Å². The van der Waals surface area contributed by atoms with Gasteiger partial charge in [-0.15, -0.1) is 0 Å². The quantitative estimate of drug-likeness (QED) is 0.778. The minimum absolute atomic E-state index is 0.0557. The van der Waals surface area contributed by atoms with Crippen LogP contribution in [0.4, 0.5) is 0 Å². The molecule has 1 amide bonds. The van der Waals surface area contributed by atoms with Gasteiger partial charge in [0.2, 0.25) is 0 Å². The number of amides is 1. The summed E-state index contributed by atoms with van der Waals surface area (Å²) >= 11 is 0. The Hall–Kier alpha value is -1.38. The van der Waals surface area contributed by atoms with Crippen molar-refractivity contribution < 1.29 is 4.79 Å². The van der Waals surface area contributed by atoms with Crippen molar-refractivity contribution in [2.45, 2.75) is 52.9 Å². The van der Waals surface area contributed by atoms with Gasteiger partial charge >= 0.3 is 0 Å². The zero-order valence-electron chi connectivity index (χ0n) is 12.4. The highest BCUT2D eigenvalue weighted by molar-refractivity contribution is 5.92. The third-order valence-corrected chi connectivity index (χ3v) is 3.41. The number of carbonyl (C=O) groups excluding carboxylic acids is 1. The molecule has 0 saturated heterocycles. The van der Waals surface area contributed by atoms with Crippen LogP contribution in [0.3, 0.4) is 0 Å². The summed E-state index contributed by atoms with van der Waals surface area (Å²) in [5, 5.41) is 3.00. The highest BCUT2D eigenvalue weighted by Gasteiger charge is 2.11. The third kappa shape index (κ3) is 5.41. The first-order valence-corrected chi connectivity index (χ1v) is 7.44. The molecule has 1 rings (SSSR count). The molecule has 0 bridgehead atoms. The zero-order chi connectivity index (χ0) is 14.1. The van der Waals surface area contributed by atoms with Gasteiger partial charge in [0.1, 0.15) is 5.69 Å². The molecular formula is C16H26N2O. The van der Waals surface area contributed by atoms with Gasteiger partial charge in [0, 0.05) is 12.7 Å². The molecule has 0 fully saturated rings. The normalized spacial score (nSPS) is 10.7. The van der Waals surface area contributed by atoms with Gasteiger partial charge in [0.15, 0.2) is 0 Å². The van der Waals surface area contributed by atoms with E-state index in [9.17, 15) is 4.79 Å². The van der Waals surface area contributed by atoms with Gasteiger partial charge in [-0.2, -0.15) is 0 Å². The lowest BCUT2D eigenvalue weighted by atomic mass is 9.98. The van der Waals surface area contributed by atoms with E-state index < -0.39 is 0 Å². The van der Waals surface area contributed by atoms with Gasteiger partial charge in [0.05, 0.1) is 0 Å². The number of hydrogen-bond donors (Lipinski definition) is 1. The van der Waals surface area contributed by atoms with Crippen molar-refractivity contribution in [1.29, 1.82) is 0 Å². The Morgan fingerprint density at radius 3 is 2.37 bits per heavy atom. The average Bonchev–Trinajstić information content (AvgIpc) is 2.45. The second-order valence-electron chi connectivity index (χ2n) is 5.06. The lowest BCUT2D eigenvalue weighted by molar-refractivity contribution is 0.0940. The van der Waals surface area contributed by atoms with E-state index in [1.54, 1.807) is 6.20 Å². The molecule has 0 aliphatic heterocycles. The number of carbonyl (C=O) groups is 1. The molecule has 0 unspecified atom stereocenters. The number of aryl methyl sites for hydroxylation is 1. The second-order valence-corrected chi connectivity index (χ2v) is 5.06. The molecule has 1 heterocycles. The van der Waals surface area contributed by atoms with E-state index in [0.717, 1.165) is 18.5 Å². The summed E-state index contributed by atoms with van der Waals surface area (Å²) in [6, 6.07) is 3.78. The first-order valence-electron chi connectivity index (χ1n) is 7.44. The smallest absolute Gasteiger partial charge is 0.269 e. The summed E-state index contributed by atoms with van der Waals surface area (Å²) in [7, 11) is 0. The second kappa shape index (κ2) is 8.68. The van der Waals surface area contributed by atoms with Crippen molar-refractivity contribution in [2.24, 2.45) is 5.92 Å². The molecule has 19 heavy (non-hydrogen) atoms. The number of nitrogens with one attached hydrogen (secondary N) is 1. The molecule has 0 atom stereocenters. The van der Waals surface area contributed by atoms with Gasteiger partial charge in [-0.05, 0) is 36.8 Å². The third-order valence-electron chi connectivity index (χ3n) is 3.41. The largest absolute Gasteiger partial charge is 0.350 e. The monoisotopic (exact) mass is 262 g/mol. The van der Waals surface area contributed by atoms with E-state index in [1.165, 1.54) is 25.7 Å². The minimum atomic E-state index is -0.0557. The summed E-state index contributed by atoms with van der Waals surface area (Å²) in [6.45, 7) is 7.22. The van der Waals surface area contributed by atoms with Gasteiger partial charge in [0.25, 0.3) is 5.91 Å². The lowest BCUT2D eigenvalue weighted by Gasteiger charge is -2.15. The first-order chi connectivity index (χ1) is 9.21. The van der Waals surface area contributed by atoms with Crippen LogP contribution in [0.25, 0.3) is 0 Å². The first kappa shape index (κ1) is 15.7. The van der Waals surface area contributed by atoms with E-state index in [1.807, 2.05) is 12.1 Å². The summed E-state index contributed by atoms with van der Waals surface area (Å²) in [6.07, 6.45) is 7.43. The molecule has 0 aliphatic rings. The fraction of sp³-hybridized carbons (Fsp3) is 0.625. The Balaban J connectivity index is 2.48. The molecule has 0 spiro atoms. The molecule has 1 aromatic heterocycles. The topological polar surface area (TPSA) is 42.0 Å². The molecule has 0 radical (unpaired) electrons. The number of rotatable bonds is 8. The predicted molar refractivity (Wildman–Crippen MR) is 79.3 cm³/mol. The highest BCUT2D eigenvalue weighted by atomic mass is 16.1. The fourth-order valence-corrected chi connectivity index (χ4v) is 2.26. The van der Waals surface area contributed by atoms with E-state index >= 15 is 0 Å². The Morgan fingerprint density at radius 2 is 1.89 bits per heavy atom. The summed E-state index contributed by atoms with van der Waals surface area (Å²) in [5.74, 6) is 0.536. The summed E-state index contributed by atoms with van der Waals surface area (Å²) in [5.41, 5.74) is 1.68. The van der Waals surface area contributed by atoms with Crippen molar-refractivity contribution in [3.8, 4) is 0 Å². The lowest BCUT2D eigenvalue weighted by Crippen LogP contribution is -2.30. The molecule has 3 heteroatoms. The SMILES string of the molecule is CCCC(CCC)CNC(=O)c1ccc(CC)cn1. The molecule has 0 aliphatic carbocycles. The maximum atomic E-state index is 12.0. The Labute approximate surface area is 116 Å². The van der Waals surface area contributed by atoms with Crippen LogP contribution in [-0.4, -0.2) is 17.4 Å². The maximum Gasteiger partial charge on any atom is 0.269 e. The van der Waals surface area contributed by atoms with Gasteiger partial charge in [-0.25, -0.2) is 0 Å². The van der Waals surface area contributed by atoms with Crippen molar-refractivity contribution in [2.75, 3.05) is 6.54 Å². The van der Waals surface area contributed by atoms with Gasteiger partial charge in [-0.1, -0.05) is 39.7 Å². The molecule has 106 valence electrons. The number of aromatic nitrogens is 1. The number of pyridine rings is 1. The summed E-state index contributed by atoms with van der Waals surface area (Å²) < 4.78 is 0. The van der Waals surface area contributed by atoms with Crippen LogP contribution in [0.5, 0.6) is 0 Å². The van der Waals surface area contributed by atoms with Crippen LogP contribution >= 0.6 is 0 Å². The van der Waals surface area contributed by atoms with E-state index in [4.69, 9.17) is 0 Å². The van der Waals surface area contributed by atoms with Crippen LogP contribution in [0.15, 0.2) is 18.3 Å². The number of nitrogens with zero attached hydrogens (tertiary/aromatic N) is 1. The molecule has 1 aromatic rings. The Kier molecular flexibility index (Phi) is 7.16. The maximum absolute atomic E-state index is 12.0. The molecular weight excluding hydrogens is 236 g/mol. The van der Waals surface area contributed by atoms with Crippen molar-refractivity contribution in [3.05, 3.63) is 29.6 Å². The van der Waals surface area contributed by atoms with E-state index in [0.29, 0.717) is 11.6 Å². The standard InChI is InChI=1S/C16H26N2O/c1-4-7-14(8-5-2)12-18-16(19)15-10-9-13(6-3)11-17-15/h9-11,14H,4-8,12H2,1-3H3,(H,18,19). The number of hydrogen-bond acceptors (Lipinski definition) is 2. The summed E-state index contributed by atoms with van der Waals surface area (Å²) in [4.78, 5) is 16.2. The average molecular weight is 262 g/mol. The van der Waals surface area contributed by atoms with Gasteiger partial charge < -0.3 is 5.32 Å². The van der Waals surface area contributed by atoms with Crippen LogP contribution < -0.4 is 5.32 Å². The van der Waals surface area contributed by atoms with Crippen LogP contribution in [0.2, 0.25) is 0 Å². The fourth-order valence-electron chi connectivity index (χ4n) is 2.26. The Bertz CT molecular complexity index is 367. The van der Waals surface area contributed by atoms with E-state index in [2.05, 4.69) is 31.1 Å². The minimum Gasteiger partial charge on any atom is -0.350 e. The van der Waals surface area contributed by atoms with Crippen LogP contribution in [-0.2, 0) is 6.42 Å². The Morgan fingerprint density at radius 1 is 1.21 bits per heavy atom. The molecule has 0 aromatic carbocycles.